The first kappa shape index (κ1) is 15.1. The smallest absolute Gasteiger partial charge is 0.106 e. The molecule has 2 aromatic rings. The van der Waals surface area contributed by atoms with Crippen molar-refractivity contribution in [2.24, 2.45) is 5.92 Å². The first-order valence-electron chi connectivity index (χ1n) is 7.87. The molecule has 0 aromatic carbocycles. The summed E-state index contributed by atoms with van der Waals surface area (Å²) in [7, 11) is 1.76. The Balaban J connectivity index is 1.56. The molecule has 0 spiro atoms. The van der Waals surface area contributed by atoms with Crippen molar-refractivity contribution < 1.29 is 4.74 Å². The van der Waals surface area contributed by atoms with Crippen LogP contribution in [0.15, 0.2) is 24.7 Å². The third kappa shape index (κ3) is 3.90. The van der Waals surface area contributed by atoms with Crippen LogP contribution in [0.2, 0.25) is 0 Å². The number of likely N-dealkylation sites (tertiary alicyclic amines) is 1. The van der Waals surface area contributed by atoms with Gasteiger partial charge in [0, 0.05) is 32.6 Å². The Morgan fingerprint density at radius 3 is 3.05 bits per heavy atom. The molecule has 22 heavy (non-hydrogen) atoms. The largest absolute Gasteiger partial charge is 0.383 e. The lowest BCUT2D eigenvalue weighted by molar-refractivity contribution is 0.114. The average molecular weight is 301 g/mol. The van der Waals surface area contributed by atoms with Crippen LogP contribution in [0, 0.1) is 5.92 Å². The average Bonchev–Trinajstić information content (AvgIpc) is 3.08. The number of ether oxygens (including phenoxy) is 1. The van der Waals surface area contributed by atoms with Gasteiger partial charge in [0.1, 0.15) is 5.69 Å². The zero-order valence-electron chi connectivity index (χ0n) is 13.0. The Morgan fingerprint density at radius 1 is 1.36 bits per heavy atom. The molecule has 118 valence electrons. The molecule has 0 bridgehead atoms. The minimum absolute atomic E-state index is 0.665. The lowest BCUT2D eigenvalue weighted by Crippen LogP contribution is -2.38. The third-order valence-electron chi connectivity index (χ3n) is 4.19. The highest BCUT2D eigenvalue weighted by Gasteiger charge is 2.20. The molecule has 0 saturated carbocycles. The standard InChI is InChI=1S/C16H23N5O/c1-22-8-7-21-6-2-3-13(12-21)9-14-10-18-16(11-17-14)15-4-5-19-20-15/h4-5,10-11,13H,2-3,6-9,12H2,1H3,(H,19,20)/t13-/m0/s1. The van der Waals surface area contributed by atoms with Crippen molar-refractivity contribution in [3.05, 3.63) is 30.4 Å². The molecule has 2 aromatic heterocycles. The number of nitrogens with one attached hydrogen (secondary N) is 1. The Morgan fingerprint density at radius 2 is 2.32 bits per heavy atom. The van der Waals surface area contributed by atoms with E-state index in [4.69, 9.17) is 4.74 Å². The zero-order chi connectivity index (χ0) is 15.2. The molecule has 0 unspecified atom stereocenters. The predicted octanol–water partition coefficient (Wildman–Crippen LogP) is 1.77. The highest BCUT2D eigenvalue weighted by atomic mass is 16.5. The summed E-state index contributed by atoms with van der Waals surface area (Å²) in [4.78, 5) is 11.5. The summed E-state index contributed by atoms with van der Waals surface area (Å²) in [6.07, 6.45) is 8.97. The van der Waals surface area contributed by atoms with Gasteiger partial charge in [-0.15, -0.1) is 0 Å². The van der Waals surface area contributed by atoms with E-state index >= 15 is 0 Å². The summed E-state index contributed by atoms with van der Waals surface area (Å²) in [5.41, 5.74) is 2.82. The summed E-state index contributed by atoms with van der Waals surface area (Å²) in [5, 5.41) is 6.85. The minimum atomic E-state index is 0.665. The van der Waals surface area contributed by atoms with Crippen molar-refractivity contribution in [3.63, 3.8) is 0 Å². The Hall–Kier alpha value is -1.79. The molecule has 1 atom stereocenters. The maximum Gasteiger partial charge on any atom is 0.106 e. The van der Waals surface area contributed by atoms with Gasteiger partial charge in [0.15, 0.2) is 0 Å². The fraction of sp³-hybridized carbons (Fsp3) is 0.562. The molecule has 0 aliphatic carbocycles. The Labute approximate surface area is 130 Å². The zero-order valence-corrected chi connectivity index (χ0v) is 13.0. The fourth-order valence-electron chi connectivity index (χ4n) is 3.03. The number of methoxy groups -OCH3 is 1. The molecule has 6 nitrogen and oxygen atoms in total. The maximum absolute atomic E-state index is 5.17. The van der Waals surface area contributed by atoms with Crippen LogP contribution in [0.25, 0.3) is 11.4 Å². The van der Waals surface area contributed by atoms with Crippen LogP contribution >= 0.6 is 0 Å². The molecule has 1 saturated heterocycles. The van der Waals surface area contributed by atoms with Crippen LogP contribution in [0.1, 0.15) is 18.5 Å². The molecular formula is C16H23N5O. The summed E-state index contributed by atoms with van der Waals surface area (Å²) in [5.74, 6) is 0.665. The van der Waals surface area contributed by atoms with Gasteiger partial charge >= 0.3 is 0 Å². The second-order valence-electron chi connectivity index (χ2n) is 5.87. The van der Waals surface area contributed by atoms with Gasteiger partial charge < -0.3 is 9.64 Å². The highest BCUT2D eigenvalue weighted by Crippen LogP contribution is 2.20. The van der Waals surface area contributed by atoms with Gasteiger partial charge in [-0.05, 0) is 37.8 Å². The summed E-state index contributed by atoms with van der Waals surface area (Å²) in [6, 6.07) is 1.90. The number of aromatic nitrogens is 4. The van der Waals surface area contributed by atoms with E-state index in [2.05, 4.69) is 25.1 Å². The molecular weight excluding hydrogens is 278 g/mol. The van der Waals surface area contributed by atoms with E-state index in [1.54, 1.807) is 13.3 Å². The van der Waals surface area contributed by atoms with Gasteiger partial charge in [-0.2, -0.15) is 5.10 Å². The van der Waals surface area contributed by atoms with E-state index < -0.39 is 0 Å². The van der Waals surface area contributed by atoms with Gasteiger partial charge in [0.05, 0.1) is 24.2 Å². The van der Waals surface area contributed by atoms with Gasteiger partial charge in [-0.3, -0.25) is 15.1 Å². The normalized spacial score (nSPS) is 19.4. The summed E-state index contributed by atoms with van der Waals surface area (Å²) in [6.45, 7) is 4.15. The van der Waals surface area contributed by atoms with Crippen molar-refractivity contribution in [2.45, 2.75) is 19.3 Å². The molecule has 3 rings (SSSR count). The third-order valence-corrected chi connectivity index (χ3v) is 4.19. The number of rotatable bonds is 6. The summed E-state index contributed by atoms with van der Waals surface area (Å²) < 4.78 is 5.17. The number of aromatic amines is 1. The SMILES string of the molecule is COCCN1CCC[C@@H](Cc2cnc(-c3ccn[nH]3)cn2)C1. The number of H-pyrrole nitrogens is 1. The molecule has 0 radical (unpaired) electrons. The quantitative estimate of drug-likeness (QED) is 0.881. The predicted molar refractivity (Wildman–Crippen MR) is 84.4 cm³/mol. The Kier molecular flexibility index (Phi) is 5.13. The van der Waals surface area contributed by atoms with Crippen LogP contribution in [-0.2, 0) is 11.2 Å². The molecule has 6 heteroatoms. The number of piperidine rings is 1. The first-order chi connectivity index (χ1) is 10.8. The van der Waals surface area contributed by atoms with Crippen LogP contribution in [0.4, 0.5) is 0 Å². The van der Waals surface area contributed by atoms with Crippen LogP contribution < -0.4 is 0 Å². The molecule has 1 aliphatic heterocycles. The van der Waals surface area contributed by atoms with Crippen LogP contribution in [0.5, 0.6) is 0 Å². The fourth-order valence-corrected chi connectivity index (χ4v) is 3.03. The number of hydrogen-bond donors (Lipinski definition) is 1. The van der Waals surface area contributed by atoms with E-state index in [1.807, 2.05) is 18.5 Å². The van der Waals surface area contributed by atoms with E-state index in [0.29, 0.717) is 5.92 Å². The topological polar surface area (TPSA) is 66.9 Å². The van der Waals surface area contributed by atoms with E-state index in [9.17, 15) is 0 Å². The number of nitrogens with zero attached hydrogens (tertiary/aromatic N) is 4. The first-order valence-corrected chi connectivity index (χ1v) is 7.87. The lowest BCUT2D eigenvalue weighted by atomic mass is 9.93. The minimum Gasteiger partial charge on any atom is -0.383 e. The Bertz CT molecular complexity index is 554. The van der Waals surface area contributed by atoms with Gasteiger partial charge in [-0.25, -0.2) is 0 Å². The van der Waals surface area contributed by atoms with Crippen molar-refractivity contribution >= 4 is 0 Å². The van der Waals surface area contributed by atoms with Crippen LogP contribution in [-0.4, -0.2) is 58.4 Å². The van der Waals surface area contributed by atoms with Gasteiger partial charge in [-0.1, -0.05) is 0 Å². The molecule has 0 amide bonds. The maximum atomic E-state index is 5.17. The highest BCUT2D eigenvalue weighted by molar-refractivity contribution is 5.51. The van der Waals surface area contributed by atoms with Crippen molar-refractivity contribution in [1.82, 2.24) is 25.1 Å². The summed E-state index contributed by atoms with van der Waals surface area (Å²) >= 11 is 0. The molecule has 1 N–H and O–H groups in total. The second-order valence-corrected chi connectivity index (χ2v) is 5.87. The van der Waals surface area contributed by atoms with E-state index in [-0.39, 0.29) is 0 Å². The van der Waals surface area contributed by atoms with Crippen molar-refractivity contribution in [2.75, 3.05) is 33.4 Å². The van der Waals surface area contributed by atoms with Crippen molar-refractivity contribution in [1.29, 1.82) is 0 Å². The lowest BCUT2D eigenvalue weighted by Gasteiger charge is -2.32. The van der Waals surface area contributed by atoms with Crippen LogP contribution in [0.3, 0.4) is 0 Å². The van der Waals surface area contributed by atoms with E-state index in [1.165, 1.54) is 19.4 Å². The monoisotopic (exact) mass is 301 g/mol. The second kappa shape index (κ2) is 7.47. The molecule has 1 aliphatic rings. The van der Waals surface area contributed by atoms with Gasteiger partial charge in [0.2, 0.25) is 0 Å². The molecule has 1 fully saturated rings. The van der Waals surface area contributed by atoms with Gasteiger partial charge in [0.25, 0.3) is 0 Å². The number of hydrogen-bond acceptors (Lipinski definition) is 5. The van der Waals surface area contributed by atoms with Crippen molar-refractivity contribution in [3.8, 4) is 11.4 Å². The van der Waals surface area contributed by atoms with E-state index in [0.717, 1.165) is 43.2 Å². The molecule has 3 heterocycles.